The molecule has 0 aliphatic rings. The zero-order valence-electron chi connectivity index (χ0n) is 6.59. The van der Waals surface area contributed by atoms with Crippen molar-refractivity contribution >= 4 is 12.0 Å². The first kappa shape index (κ1) is 8.71. The van der Waals surface area contributed by atoms with Crippen LogP contribution in [0.3, 0.4) is 0 Å². The van der Waals surface area contributed by atoms with Crippen molar-refractivity contribution in [3.05, 3.63) is 29.8 Å². The zero-order chi connectivity index (χ0) is 8.81. The molecular formula is C9H10FNO. The summed E-state index contributed by atoms with van der Waals surface area (Å²) >= 11 is 0. The van der Waals surface area contributed by atoms with Gasteiger partial charge in [-0.25, -0.2) is 4.39 Å². The van der Waals surface area contributed by atoms with Crippen molar-refractivity contribution in [1.29, 1.82) is 0 Å². The molecular weight excluding hydrogens is 157 g/mol. The molecule has 0 aliphatic heterocycles. The number of carbonyl (C=O) groups is 1. The highest BCUT2D eigenvalue weighted by Crippen LogP contribution is 2.11. The van der Waals surface area contributed by atoms with Crippen LogP contribution >= 0.6 is 0 Å². The van der Waals surface area contributed by atoms with Crippen molar-refractivity contribution in [2.45, 2.75) is 0 Å². The Hall–Kier alpha value is -1.38. The van der Waals surface area contributed by atoms with E-state index in [-0.39, 0.29) is 6.54 Å². The van der Waals surface area contributed by atoms with Crippen molar-refractivity contribution in [3.8, 4) is 0 Å². The minimum absolute atomic E-state index is 0.241. The lowest BCUT2D eigenvalue weighted by molar-refractivity contribution is 0.112. The summed E-state index contributed by atoms with van der Waals surface area (Å²) in [6, 6.07) is 7.00. The van der Waals surface area contributed by atoms with Crippen LogP contribution in [0.5, 0.6) is 0 Å². The number of halogens is 1. The van der Waals surface area contributed by atoms with E-state index in [4.69, 9.17) is 0 Å². The summed E-state index contributed by atoms with van der Waals surface area (Å²) in [6.07, 6.45) is 0.751. The maximum absolute atomic E-state index is 11.8. The Morgan fingerprint density at radius 2 is 2.17 bits per heavy atom. The largest absolute Gasteiger partial charge is 0.382 e. The lowest BCUT2D eigenvalue weighted by Gasteiger charge is -2.04. The first-order chi connectivity index (χ1) is 5.88. The van der Waals surface area contributed by atoms with Crippen LogP contribution in [0.15, 0.2) is 24.3 Å². The molecule has 0 saturated carbocycles. The average Bonchev–Trinajstić information content (AvgIpc) is 2.15. The molecule has 1 rings (SSSR count). The van der Waals surface area contributed by atoms with Crippen molar-refractivity contribution in [1.82, 2.24) is 0 Å². The second kappa shape index (κ2) is 4.49. The number of hydrogen-bond acceptors (Lipinski definition) is 2. The van der Waals surface area contributed by atoms with Gasteiger partial charge in [-0.3, -0.25) is 4.79 Å². The smallest absolute Gasteiger partial charge is 0.152 e. The molecule has 0 radical (unpaired) electrons. The number of aldehydes is 1. The monoisotopic (exact) mass is 167 g/mol. The molecule has 1 aromatic rings. The van der Waals surface area contributed by atoms with Crippen molar-refractivity contribution in [2.24, 2.45) is 0 Å². The van der Waals surface area contributed by atoms with E-state index in [1.165, 1.54) is 0 Å². The van der Waals surface area contributed by atoms with Gasteiger partial charge in [-0.15, -0.1) is 0 Å². The summed E-state index contributed by atoms with van der Waals surface area (Å²) in [5, 5.41) is 2.81. The Bertz CT molecular complexity index is 262. The van der Waals surface area contributed by atoms with Crippen molar-refractivity contribution in [2.75, 3.05) is 18.5 Å². The van der Waals surface area contributed by atoms with E-state index in [1.54, 1.807) is 24.3 Å². The van der Waals surface area contributed by atoms with Gasteiger partial charge in [-0.2, -0.15) is 0 Å². The van der Waals surface area contributed by atoms with Gasteiger partial charge >= 0.3 is 0 Å². The van der Waals surface area contributed by atoms with Gasteiger partial charge in [0.25, 0.3) is 0 Å². The van der Waals surface area contributed by atoms with E-state index in [0.717, 1.165) is 6.29 Å². The predicted molar refractivity (Wildman–Crippen MR) is 46.3 cm³/mol. The number of nitrogens with one attached hydrogen (secondary N) is 1. The van der Waals surface area contributed by atoms with Crippen LogP contribution in [0.25, 0.3) is 0 Å². The van der Waals surface area contributed by atoms with Crippen LogP contribution in [0.4, 0.5) is 10.1 Å². The van der Waals surface area contributed by atoms with Crippen LogP contribution < -0.4 is 5.32 Å². The Morgan fingerprint density at radius 3 is 2.83 bits per heavy atom. The molecule has 0 amide bonds. The fourth-order valence-corrected chi connectivity index (χ4v) is 0.943. The van der Waals surface area contributed by atoms with Gasteiger partial charge in [0.1, 0.15) is 6.67 Å². The first-order valence-electron chi connectivity index (χ1n) is 3.72. The maximum Gasteiger partial charge on any atom is 0.152 e. The van der Waals surface area contributed by atoms with E-state index >= 15 is 0 Å². The summed E-state index contributed by atoms with van der Waals surface area (Å²) in [7, 11) is 0. The minimum atomic E-state index is -0.437. The lowest BCUT2D eigenvalue weighted by atomic mass is 10.2. The predicted octanol–water partition coefficient (Wildman–Crippen LogP) is 1.88. The third-order valence-electron chi connectivity index (χ3n) is 1.50. The third kappa shape index (κ3) is 2.05. The van der Waals surface area contributed by atoms with E-state index in [2.05, 4.69) is 5.32 Å². The molecule has 0 saturated heterocycles. The molecule has 1 N–H and O–H groups in total. The Labute approximate surface area is 70.4 Å². The van der Waals surface area contributed by atoms with Gasteiger partial charge in [0.15, 0.2) is 6.29 Å². The Kier molecular flexibility index (Phi) is 3.26. The topological polar surface area (TPSA) is 29.1 Å². The van der Waals surface area contributed by atoms with Crippen molar-refractivity contribution in [3.63, 3.8) is 0 Å². The standard InChI is InChI=1S/C9H10FNO/c10-5-6-11-9-4-2-1-3-8(9)7-12/h1-4,7,11H,5-6H2. The fraction of sp³-hybridized carbons (Fsp3) is 0.222. The number of hydrogen-bond donors (Lipinski definition) is 1. The Balaban J connectivity index is 2.75. The van der Waals surface area contributed by atoms with E-state index in [9.17, 15) is 9.18 Å². The van der Waals surface area contributed by atoms with Gasteiger partial charge in [0, 0.05) is 17.8 Å². The highest BCUT2D eigenvalue weighted by atomic mass is 19.1. The van der Waals surface area contributed by atoms with E-state index in [0.29, 0.717) is 11.3 Å². The van der Waals surface area contributed by atoms with Gasteiger partial charge in [0.2, 0.25) is 0 Å². The van der Waals surface area contributed by atoms with Gasteiger partial charge in [-0.1, -0.05) is 12.1 Å². The molecule has 2 nitrogen and oxygen atoms in total. The summed E-state index contributed by atoms with van der Waals surface area (Å²) in [5.41, 5.74) is 1.25. The summed E-state index contributed by atoms with van der Waals surface area (Å²) in [5.74, 6) is 0. The second-order valence-corrected chi connectivity index (χ2v) is 2.32. The molecule has 0 bridgehead atoms. The molecule has 0 fully saturated rings. The number of alkyl halides is 1. The van der Waals surface area contributed by atoms with Crippen LogP contribution in [0, 0.1) is 0 Å². The number of rotatable bonds is 4. The third-order valence-corrected chi connectivity index (χ3v) is 1.50. The molecule has 0 aromatic heterocycles. The maximum atomic E-state index is 11.8. The van der Waals surface area contributed by atoms with Gasteiger partial charge in [0.05, 0.1) is 0 Å². The van der Waals surface area contributed by atoms with Gasteiger partial charge in [-0.05, 0) is 12.1 Å². The fourth-order valence-electron chi connectivity index (χ4n) is 0.943. The second-order valence-electron chi connectivity index (χ2n) is 2.32. The zero-order valence-corrected chi connectivity index (χ0v) is 6.59. The SMILES string of the molecule is O=Cc1ccccc1NCCF. The number of para-hydroxylation sites is 1. The molecule has 0 heterocycles. The van der Waals surface area contributed by atoms with Crippen LogP contribution in [0.2, 0.25) is 0 Å². The molecule has 3 heteroatoms. The number of anilines is 1. The minimum Gasteiger partial charge on any atom is -0.382 e. The number of benzene rings is 1. The van der Waals surface area contributed by atoms with Gasteiger partial charge < -0.3 is 5.32 Å². The normalized spacial score (nSPS) is 9.42. The summed E-state index contributed by atoms with van der Waals surface area (Å²) in [6.45, 7) is -0.196. The number of carbonyl (C=O) groups excluding carboxylic acids is 1. The molecule has 0 spiro atoms. The van der Waals surface area contributed by atoms with Crippen LogP contribution in [0.1, 0.15) is 10.4 Å². The molecule has 0 aliphatic carbocycles. The highest BCUT2D eigenvalue weighted by Gasteiger charge is 1.97. The van der Waals surface area contributed by atoms with E-state index < -0.39 is 6.67 Å². The first-order valence-corrected chi connectivity index (χ1v) is 3.72. The molecule has 0 atom stereocenters. The molecule has 1 aromatic carbocycles. The summed E-state index contributed by atoms with van der Waals surface area (Å²) in [4.78, 5) is 10.5. The average molecular weight is 167 g/mol. The lowest BCUT2D eigenvalue weighted by Crippen LogP contribution is -2.04. The highest BCUT2D eigenvalue weighted by molar-refractivity contribution is 5.83. The quantitative estimate of drug-likeness (QED) is 0.694. The molecule has 12 heavy (non-hydrogen) atoms. The summed E-state index contributed by atoms with van der Waals surface area (Å²) < 4.78 is 11.8. The van der Waals surface area contributed by atoms with Crippen molar-refractivity contribution < 1.29 is 9.18 Å². The van der Waals surface area contributed by atoms with Crippen LogP contribution in [-0.4, -0.2) is 19.5 Å². The van der Waals surface area contributed by atoms with Crippen LogP contribution in [-0.2, 0) is 0 Å². The van der Waals surface area contributed by atoms with E-state index in [1.807, 2.05) is 0 Å². The Morgan fingerprint density at radius 1 is 1.42 bits per heavy atom. The molecule has 0 unspecified atom stereocenters. The molecule has 64 valence electrons.